The Kier molecular flexibility index (Phi) is 5.45. The molecule has 1 N–H and O–H groups in total. The fraction of sp³-hybridized carbons (Fsp3) is 0.462. The number of aliphatic carboxylic acids is 1. The molecule has 0 aliphatic heterocycles. The Bertz CT molecular complexity index is 381. The van der Waals surface area contributed by atoms with E-state index in [1.54, 1.807) is 0 Å². The summed E-state index contributed by atoms with van der Waals surface area (Å²) in [5.41, 5.74) is 1.05. The van der Waals surface area contributed by atoms with Crippen molar-refractivity contribution in [2.75, 3.05) is 13.1 Å². The summed E-state index contributed by atoms with van der Waals surface area (Å²) in [7, 11) is 0. The maximum atomic E-state index is 10.8. The summed E-state index contributed by atoms with van der Waals surface area (Å²) in [6.45, 7) is 4.87. The Labute approximate surface area is 107 Å². The molecule has 0 radical (unpaired) electrons. The first-order valence-electron chi connectivity index (χ1n) is 5.76. The van der Waals surface area contributed by atoms with Crippen molar-refractivity contribution >= 4 is 17.6 Å². The van der Waals surface area contributed by atoms with Gasteiger partial charge in [0.2, 0.25) is 0 Å². The number of nitrogens with zero attached hydrogens (tertiary/aromatic N) is 1. The van der Waals surface area contributed by atoms with Crippen molar-refractivity contribution in [3.8, 4) is 0 Å². The Hall–Kier alpha value is -1.06. The molecule has 1 unspecified atom stereocenters. The predicted octanol–water partition coefficient (Wildman–Crippen LogP) is 3.20. The predicted molar refractivity (Wildman–Crippen MR) is 69.4 cm³/mol. The van der Waals surface area contributed by atoms with E-state index in [0.717, 1.165) is 18.5 Å². The third-order valence-corrected chi connectivity index (χ3v) is 2.96. The Balaban J connectivity index is 2.82. The molecule has 0 aliphatic rings. The number of carboxylic acid groups (broad SMARTS) is 1. The maximum Gasteiger partial charge on any atom is 0.317 e. The van der Waals surface area contributed by atoms with Gasteiger partial charge in [-0.1, -0.05) is 30.7 Å². The third-order valence-electron chi connectivity index (χ3n) is 2.73. The lowest BCUT2D eigenvalue weighted by molar-refractivity contribution is -0.138. The largest absolute Gasteiger partial charge is 0.480 e. The van der Waals surface area contributed by atoms with Gasteiger partial charge in [0.05, 0.1) is 6.54 Å². The highest BCUT2D eigenvalue weighted by molar-refractivity contribution is 6.30. The fourth-order valence-electron chi connectivity index (χ4n) is 1.85. The van der Waals surface area contributed by atoms with Crippen LogP contribution in [0.1, 0.15) is 31.9 Å². The van der Waals surface area contributed by atoms with E-state index in [1.165, 1.54) is 0 Å². The standard InChI is InChI=1S/C13H18ClNO2/c1-3-7-15(9-13(16)17)10(2)11-5-4-6-12(14)8-11/h4-6,8,10H,3,7,9H2,1-2H3,(H,16,17). The van der Waals surface area contributed by atoms with E-state index in [9.17, 15) is 4.79 Å². The SMILES string of the molecule is CCCN(CC(=O)O)C(C)c1cccc(Cl)c1. The summed E-state index contributed by atoms with van der Waals surface area (Å²) < 4.78 is 0. The first-order chi connectivity index (χ1) is 8.04. The van der Waals surface area contributed by atoms with Crippen LogP contribution in [0.5, 0.6) is 0 Å². The van der Waals surface area contributed by atoms with Crippen LogP contribution in [0, 0.1) is 0 Å². The highest BCUT2D eigenvalue weighted by atomic mass is 35.5. The van der Waals surface area contributed by atoms with Crippen molar-refractivity contribution in [2.24, 2.45) is 0 Å². The molecule has 1 aromatic rings. The fourth-order valence-corrected chi connectivity index (χ4v) is 2.05. The van der Waals surface area contributed by atoms with Crippen LogP contribution in [0.15, 0.2) is 24.3 Å². The van der Waals surface area contributed by atoms with Gasteiger partial charge in [0, 0.05) is 11.1 Å². The molecule has 0 fully saturated rings. The number of hydrogen-bond donors (Lipinski definition) is 1. The third kappa shape index (κ3) is 4.36. The Morgan fingerprint density at radius 2 is 2.24 bits per heavy atom. The molecular weight excluding hydrogens is 238 g/mol. The highest BCUT2D eigenvalue weighted by Crippen LogP contribution is 2.22. The summed E-state index contributed by atoms with van der Waals surface area (Å²) in [6, 6.07) is 7.63. The van der Waals surface area contributed by atoms with Gasteiger partial charge in [-0.2, -0.15) is 0 Å². The number of carboxylic acids is 1. The number of halogens is 1. The van der Waals surface area contributed by atoms with Gasteiger partial charge in [-0.25, -0.2) is 0 Å². The zero-order chi connectivity index (χ0) is 12.8. The van der Waals surface area contributed by atoms with Gasteiger partial charge in [-0.3, -0.25) is 9.69 Å². The average molecular weight is 256 g/mol. The molecule has 1 atom stereocenters. The number of hydrogen-bond acceptors (Lipinski definition) is 2. The van der Waals surface area contributed by atoms with Crippen LogP contribution in [0.2, 0.25) is 5.02 Å². The highest BCUT2D eigenvalue weighted by Gasteiger charge is 2.17. The molecule has 0 bridgehead atoms. The maximum absolute atomic E-state index is 10.8. The van der Waals surface area contributed by atoms with E-state index in [1.807, 2.05) is 43.0 Å². The van der Waals surface area contributed by atoms with Gasteiger partial charge >= 0.3 is 5.97 Å². The van der Waals surface area contributed by atoms with Gasteiger partial charge in [0.25, 0.3) is 0 Å². The minimum atomic E-state index is -0.799. The molecule has 1 aromatic carbocycles. The van der Waals surface area contributed by atoms with Crippen molar-refractivity contribution in [3.05, 3.63) is 34.9 Å². The number of rotatable bonds is 6. The lowest BCUT2D eigenvalue weighted by Gasteiger charge is -2.27. The lowest BCUT2D eigenvalue weighted by Crippen LogP contribution is -2.33. The molecule has 1 rings (SSSR count). The van der Waals surface area contributed by atoms with Crippen LogP contribution >= 0.6 is 11.6 Å². The zero-order valence-corrected chi connectivity index (χ0v) is 10.9. The van der Waals surface area contributed by atoms with Gasteiger partial charge in [0.1, 0.15) is 0 Å². The van der Waals surface area contributed by atoms with Crippen LogP contribution in [0.25, 0.3) is 0 Å². The molecule has 17 heavy (non-hydrogen) atoms. The lowest BCUT2D eigenvalue weighted by atomic mass is 10.1. The van der Waals surface area contributed by atoms with E-state index in [2.05, 4.69) is 0 Å². The number of carbonyl (C=O) groups is 1. The van der Waals surface area contributed by atoms with Crippen LogP contribution in [0.3, 0.4) is 0 Å². The van der Waals surface area contributed by atoms with Gasteiger partial charge < -0.3 is 5.11 Å². The Morgan fingerprint density at radius 3 is 2.76 bits per heavy atom. The Morgan fingerprint density at radius 1 is 1.53 bits per heavy atom. The molecule has 0 amide bonds. The van der Waals surface area contributed by atoms with Gasteiger partial charge in [-0.15, -0.1) is 0 Å². The minimum Gasteiger partial charge on any atom is -0.480 e. The quantitative estimate of drug-likeness (QED) is 0.849. The van der Waals surface area contributed by atoms with Crippen molar-refractivity contribution in [3.63, 3.8) is 0 Å². The van der Waals surface area contributed by atoms with E-state index in [4.69, 9.17) is 16.7 Å². The van der Waals surface area contributed by atoms with Gasteiger partial charge in [-0.05, 0) is 37.6 Å². The molecule has 94 valence electrons. The van der Waals surface area contributed by atoms with Crippen LogP contribution in [0.4, 0.5) is 0 Å². The first-order valence-corrected chi connectivity index (χ1v) is 6.13. The second kappa shape index (κ2) is 6.62. The van der Waals surface area contributed by atoms with E-state index in [-0.39, 0.29) is 12.6 Å². The second-order valence-electron chi connectivity index (χ2n) is 4.10. The summed E-state index contributed by atoms with van der Waals surface area (Å²) in [5.74, 6) is -0.799. The summed E-state index contributed by atoms with van der Waals surface area (Å²) in [6.07, 6.45) is 0.929. The van der Waals surface area contributed by atoms with Crippen LogP contribution in [-0.4, -0.2) is 29.1 Å². The normalized spacial score (nSPS) is 12.7. The smallest absolute Gasteiger partial charge is 0.317 e. The van der Waals surface area contributed by atoms with E-state index < -0.39 is 5.97 Å². The molecule has 0 saturated heterocycles. The molecule has 0 heterocycles. The summed E-state index contributed by atoms with van der Waals surface area (Å²) >= 11 is 5.94. The van der Waals surface area contributed by atoms with Crippen molar-refractivity contribution < 1.29 is 9.90 Å². The van der Waals surface area contributed by atoms with Crippen LogP contribution in [-0.2, 0) is 4.79 Å². The van der Waals surface area contributed by atoms with E-state index in [0.29, 0.717) is 5.02 Å². The van der Waals surface area contributed by atoms with Gasteiger partial charge in [0.15, 0.2) is 0 Å². The summed E-state index contributed by atoms with van der Waals surface area (Å²) in [4.78, 5) is 12.8. The first kappa shape index (κ1) is 14.0. The average Bonchev–Trinajstić information content (AvgIpc) is 2.27. The molecule has 4 heteroatoms. The molecular formula is C13H18ClNO2. The van der Waals surface area contributed by atoms with Crippen molar-refractivity contribution in [1.82, 2.24) is 4.90 Å². The number of benzene rings is 1. The second-order valence-corrected chi connectivity index (χ2v) is 4.53. The molecule has 0 spiro atoms. The van der Waals surface area contributed by atoms with Crippen molar-refractivity contribution in [2.45, 2.75) is 26.3 Å². The molecule has 0 aromatic heterocycles. The minimum absolute atomic E-state index is 0.0571. The summed E-state index contributed by atoms with van der Waals surface area (Å²) in [5, 5.41) is 9.57. The molecule has 0 saturated carbocycles. The van der Waals surface area contributed by atoms with Crippen LogP contribution < -0.4 is 0 Å². The molecule has 3 nitrogen and oxygen atoms in total. The zero-order valence-electron chi connectivity index (χ0n) is 10.2. The van der Waals surface area contributed by atoms with Crippen molar-refractivity contribution in [1.29, 1.82) is 0 Å². The van der Waals surface area contributed by atoms with E-state index >= 15 is 0 Å². The monoisotopic (exact) mass is 255 g/mol. The molecule has 0 aliphatic carbocycles. The topological polar surface area (TPSA) is 40.5 Å².